The Labute approximate surface area is 101 Å². The highest BCUT2D eigenvalue weighted by Crippen LogP contribution is 2.22. The summed E-state index contributed by atoms with van der Waals surface area (Å²) in [5.74, 6) is -0.372. The van der Waals surface area contributed by atoms with Crippen LogP contribution < -0.4 is 4.74 Å². The summed E-state index contributed by atoms with van der Waals surface area (Å²) in [4.78, 5) is 0. The van der Waals surface area contributed by atoms with Gasteiger partial charge in [-0.1, -0.05) is 19.9 Å². The second-order valence-corrected chi connectivity index (χ2v) is 4.49. The Balaban J connectivity index is 2.67. The number of benzene rings is 1. The Hall–Kier alpha value is -1.13. The van der Waals surface area contributed by atoms with Crippen molar-refractivity contribution < 1.29 is 19.3 Å². The van der Waals surface area contributed by atoms with E-state index in [4.69, 9.17) is 4.74 Å². The first-order valence-electron chi connectivity index (χ1n) is 5.70. The maximum Gasteiger partial charge on any atom is 0.165 e. The molecule has 4 heteroatoms. The SMILES string of the molecule is CC(C)C(O)COc1ccc([C@@H](C)O)cc1F. The van der Waals surface area contributed by atoms with Crippen molar-refractivity contribution in [2.24, 2.45) is 5.92 Å². The van der Waals surface area contributed by atoms with E-state index in [1.54, 1.807) is 13.0 Å². The van der Waals surface area contributed by atoms with Crippen LogP contribution in [0.15, 0.2) is 18.2 Å². The molecule has 0 aliphatic rings. The molecule has 0 bridgehead atoms. The second kappa shape index (κ2) is 5.98. The van der Waals surface area contributed by atoms with Gasteiger partial charge in [0.1, 0.15) is 6.61 Å². The van der Waals surface area contributed by atoms with Crippen LogP contribution in [0, 0.1) is 11.7 Å². The lowest BCUT2D eigenvalue weighted by Crippen LogP contribution is -2.23. The summed E-state index contributed by atoms with van der Waals surface area (Å²) in [6.07, 6.45) is -1.33. The molecular formula is C13H19FO3. The Kier molecular flexibility index (Phi) is 4.90. The largest absolute Gasteiger partial charge is 0.488 e. The summed E-state index contributed by atoms with van der Waals surface area (Å²) in [6, 6.07) is 4.30. The third-order valence-corrected chi connectivity index (χ3v) is 2.62. The Morgan fingerprint density at radius 1 is 1.24 bits per heavy atom. The zero-order valence-corrected chi connectivity index (χ0v) is 10.4. The van der Waals surface area contributed by atoms with E-state index >= 15 is 0 Å². The van der Waals surface area contributed by atoms with Gasteiger partial charge in [0.2, 0.25) is 0 Å². The van der Waals surface area contributed by atoms with Crippen molar-refractivity contribution in [3.8, 4) is 5.75 Å². The van der Waals surface area contributed by atoms with Gasteiger partial charge >= 0.3 is 0 Å². The highest BCUT2D eigenvalue weighted by atomic mass is 19.1. The number of halogens is 1. The van der Waals surface area contributed by atoms with Gasteiger partial charge in [0.15, 0.2) is 11.6 Å². The fraction of sp³-hybridized carbons (Fsp3) is 0.538. The molecule has 2 atom stereocenters. The molecule has 0 heterocycles. The van der Waals surface area contributed by atoms with E-state index in [0.29, 0.717) is 5.56 Å². The van der Waals surface area contributed by atoms with Crippen molar-refractivity contribution in [1.29, 1.82) is 0 Å². The fourth-order valence-electron chi connectivity index (χ4n) is 1.26. The third kappa shape index (κ3) is 3.98. The zero-order chi connectivity index (χ0) is 13.0. The molecule has 1 aromatic carbocycles. The second-order valence-electron chi connectivity index (χ2n) is 4.49. The zero-order valence-electron chi connectivity index (χ0n) is 10.4. The standard InChI is InChI=1S/C13H19FO3/c1-8(2)12(16)7-17-13-5-4-10(9(3)15)6-11(13)14/h4-6,8-9,12,15-16H,7H2,1-3H3/t9-,12?/m1/s1. The Bertz CT molecular complexity index is 364. The number of hydrogen-bond donors (Lipinski definition) is 2. The van der Waals surface area contributed by atoms with E-state index in [-0.39, 0.29) is 18.3 Å². The average Bonchev–Trinajstić information content (AvgIpc) is 2.26. The van der Waals surface area contributed by atoms with E-state index in [1.165, 1.54) is 12.1 Å². The monoisotopic (exact) mass is 242 g/mol. The normalized spacial score (nSPS) is 14.8. The van der Waals surface area contributed by atoms with Crippen LogP contribution >= 0.6 is 0 Å². The molecule has 0 saturated heterocycles. The summed E-state index contributed by atoms with van der Waals surface area (Å²) < 4.78 is 18.7. The van der Waals surface area contributed by atoms with Crippen molar-refractivity contribution in [3.05, 3.63) is 29.6 Å². The molecule has 1 rings (SSSR count). The number of hydrogen-bond acceptors (Lipinski definition) is 3. The molecule has 0 radical (unpaired) electrons. The maximum atomic E-state index is 13.5. The molecular weight excluding hydrogens is 223 g/mol. The highest BCUT2D eigenvalue weighted by Gasteiger charge is 2.12. The number of aliphatic hydroxyl groups is 2. The van der Waals surface area contributed by atoms with E-state index < -0.39 is 18.0 Å². The van der Waals surface area contributed by atoms with Crippen LogP contribution in [0.25, 0.3) is 0 Å². The first-order valence-corrected chi connectivity index (χ1v) is 5.70. The molecule has 0 aliphatic heterocycles. The van der Waals surface area contributed by atoms with Crippen LogP contribution in [-0.4, -0.2) is 22.9 Å². The van der Waals surface area contributed by atoms with Crippen molar-refractivity contribution >= 4 is 0 Å². The van der Waals surface area contributed by atoms with Crippen LogP contribution in [0.1, 0.15) is 32.4 Å². The smallest absolute Gasteiger partial charge is 0.165 e. The van der Waals surface area contributed by atoms with Gasteiger partial charge in [-0.05, 0) is 30.5 Å². The van der Waals surface area contributed by atoms with Crippen molar-refractivity contribution in [2.75, 3.05) is 6.61 Å². The topological polar surface area (TPSA) is 49.7 Å². The molecule has 3 nitrogen and oxygen atoms in total. The molecule has 0 saturated carbocycles. The molecule has 17 heavy (non-hydrogen) atoms. The summed E-state index contributed by atoms with van der Waals surface area (Å²) in [5.41, 5.74) is 0.499. The van der Waals surface area contributed by atoms with E-state index in [1.807, 2.05) is 13.8 Å². The minimum Gasteiger partial charge on any atom is -0.488 e. The molecule has 1 unspecified atom stereocenters. The lowest BCUT2D eigenvalue weighted by molar-refractivity contribution is 0.0684. The van der Waals surface area contributed by atoms with Crippen LogP contribution in [-0.2, 0) is 0 Å². The minimum absolute atomic E-state index is 0.0581. The highest BCUT2D eigenvalue weighted by molar-refractivity contribution is 5.30. The number of ether oxygens (including phenoxy) is 1. The molecule has 0 aromatic heterocycles. The molecule has 0 aliphatic carbocycles. The number of rotatable bonds is 5. The quantitative estimate of drug-likeness (QED) is 0.832. The predicted molar refractivity (Wildman–Crippen MR) is 63.4 cm³/mol. The molecule has 0 amide bonds. The molecule has 1 aromatic rings. The van der Waals surface area contributed by atoms with Gasteiger partial charge in [-0.25, -0.2) is 4.39 Å². The number of aliphatic hydroxyl groups excluding tert-OH is 2. The van der Waals surface area contributed by atoms with Gasteiger partial charge in [0, 0.05) is 0 Å². The van der Waals surface area contributed by atoms with Crippen LogP contribution in [0.4, 0.5) is 4.39 Å². The van der Waals surface area contributed by atoms with Gasteiger partial charge < -0.3 is 14.9 Å². The average molecular weight is 242 g/mol. The molecule has 0 spiro atoms. The third-order valence-electron chi connectivity index (χ3n) is 2.62. The summed E-state index contributed by atoms with van der Waals surface area (Å²) >= 11 is 0. The van der Waals surface area contributed by atoms with Crippen molar-refractivity contribution in [2.45, 2.75) is 33.0 Å². The van der Waals surface area contributed by atoms with Crippen molar-refractivity contribution in [1.82, 2.24) is 0 Å². The van der Waals surface area contributed by atoms with Gasteiger partial charge in [-0.15, -0.1) is 0 Å². The van der Waals surface area contributed by atoms with Gasteiger partial charge in [0.05, 0.1) is 12.2 Å². The first-order chi connectivity index (χ1) is 7.91. The first kappa shape index (κ1) is 13.9. The fourth-order valence-corrected chi connectivity index (χ4v) is 1.26. The van der Waals surface area contributed by atoms with Crippen LogP contribution in [0.5, 0.6) is 5.75 Å². The maximum absolute atomic E-state index is 13.5. The molecule has 2 N–H and O–H groups in total. The van der Waals surface area contributed by atoms with E-state index in [0.717, 1.165) is 0 Å². The van der Waals surface area contributed by atoms with Crippen LogP contribution in [0.3, 0.4) is 0 Å². The van der Waals surface area contributed by atoms with E-state index in [2.05, 4.69) is 0 Å². The van der Waals surface area contributed by atoms with Crippen LogP contribution in [0.2, 0.25) is 0 Å². The summed E-state index contributed by atoms with van der Waals surface area (Å²) in [7, 11) is 0. The Morgan fingerprint density at radius 2 is 1.88 bits per heavy atom. The molecule has 96 valence electrons. The van der Waals surface area contributed by atoms with Gasteiger partial charge in [-0.2, -0.15) is 0 Å². The summed E-state index contributed by atoms with van der Waals surface area (Å²) in [6.45, 7) is 5.35. The van der Waals surface area contributed by atoms with Crippen molar-refractivity contribution in [3.63, 3.8) is 0 Å². The minimum atomic E-state index is -0.709. The van der Waals surface area contributed by atoms with Gasteiger partial charge in [-0.3, -0.25) is 0 Å². The lowest BCUT2D eigenvalue weighted by Gasteiger charge is -2.16. The Morgan fingerprint density at radius 3 is 2.35 bits per heavy atom. The predicted octanol–water partition coefficient (Wildman–Crippen LogP) is 2.27. The lowest BCUT2D eigenvalue weighted by atomic mass is 10.1. The molecule has 0 fully saturated rings. The van der Waals surface area contributed by atoms with E-state index in [9.17, 15) is 14.6 Å². The van der Waals surface area contributed by atoms with Gasteiger partial charge in [0.25, 0.3) is 0 Å². The summed E-state index contributed by atoms with van der Waals surface area (Å²) in [5, 5.41) is 18.8.